The molecule has 184 valence electrons. The lowest BCUT2D eigenvalue weighted by Crippen LogP contribution is -2.45. The van der Waals surface area contributed by atoms with E-state index in [2.05, 4.69) is 9.36 Å². The number of nitrogens with zero attached hydrogens (tertiary/aromatic N) is 4. The number of halogens is 1. The highest BCUT2D eigenvalue weighted by Crippen LogP contribution is 2.23. The molecule has 2 heterocycles. The van der Waals surface area contributed by atoms with Crippen LogP contribution in [0.3, 0.4) is 0 Å². The first-order chi connectivity index (χ1) is 17.0. The van der Waals surface area contributed by atoms with Crippen LogP contribution in [0.4, 0.5) is 9.52 Å². The molecule has 9 heteroatoms. The Labute approximate surface area is 208 Å². The van der Waals surface area contributed by atoms with Crippen molar-refractivity contribution in [2.75, 3.05) is 31.1 Å². The van der Waals surface area contributed by atoms with Crippen molar-refractivity contribution in [1.82, 2.24) is 14.3 Å². The van der Waals surface area contributed by atoms with Crippen molar-refractivity contribution >= 4 is 28.5 Å². The number of hydrogen-bond donors (Lipinski definition) is 0. The Bertz CT molecular complexity index is 1120. The standard InChI is InChI=1S/C26H29FN4O3S/c1-2-34-25(33)21-12-14-30(15-13-21)24(32)18-31(17-20-6-4-3-5-7-20)26-28-23(29-35-26)16-19-8-10-22(27)11-9-19/h3-11,21H,2,12-18H2,1H3. The number of rotatable bonds is 9. The summed E-state index contributed by atoms with van der Waals surface area (Å²) in [5.41, 5.74) is 1.99. The number of aromatic nitrogens is 2. The number of ether oxygens (including phenoxy) is 1. The van der Waals surface area contributed by atoms with Gasteiger partial charge < -0.3 is 14.5 Å². The van der Waals surface area contributed by atoms with Gasteiger partial charge in [0.1, 0.15) is 11.6 Å². The normalized spacial score (nSPS) is 14.1. The van der Waals surface area contributed by atoms with Crippen LogP contribution in [0.25, 0.3) is 0 Å². The maximum atomic E-state index is 13.2. The minimum absolute atomic E-state index is 0.00137. The highest BCUT2D eigenvalue weighted by Gasteiger charge is 2.29. The molecule has 0 bridgehead atoms. The van der Waals surface area contributed by atoms with Crippen molar-refractivity contribution in [2.24, 2.45) is 5.92 Å². The van der Waals surface area contributed by atoms with E-state index < -0.39 is 0 Å². The van der Waals surface area contributed by atoms with Gasteiger partial charge in [-0.25, -0.2) is 9.37 Å². The van der Waals surface area contributed by atoms with E-state index in [1.165, 1.54) is 23.7 Å². The van der Waals surface area contributed by atoms with E-state index >= 15 is 0 Å². The number of carbonyl (C=O) groups excluding carboxylic acids is 2. The highest BCUT2D eigenvalue weighted by atomic mass is 32.1. The van der Waals surface area contributed by atoms with Gasteiger partial charge in [-0.2, -0.15) is 4.37 Å². The van der Waals surface area contributed by atoms with Crippen molar-refractivity contribution in [3.05, 3.63) is 77.4 Å². The summed E-state index contributed by atoms with van der Waals surface area (Å²) in [6, 6.07) is 16.2. The molecule has 2 aromatic carbocycles. The van der Waals surface area contributed by atoms with Crippen molar-refractivity contribution in [2.45, 2.75) is 32.7 Å². The molecular formula is C26H29FN4O3S. The van der Waals surface area contributed by atoms with Crippen molar-refractivity contribution in [1.29, 1.82) is 0 Å². The SMILES string of the molecule is CCOC(=O)C1CCN(C(=O)CN(Cc2ccccc2)c2nc(Cc3ccc(F)cc3)ns2)CC1. The molecule has 0 spiro atoms. The lowest BCUT2D eigenvalue weighted by Gasteiger charge is -2.32. The minimum Gasteiger partial charge on any atom is -0.466 e. The van der Waals surface area contributed by atoms with Crippen LogP contribution < -0.4 is 4.90 Å². The third-order valence-corrected chi connectivity index (χ3v) is 6.83. The zero-order valence-corrected chi connectivity index (χ0v) is 20.5. The maximum Gasteiger partial charge on any atom is 0.309 e. The van der Waals surface area contributed by atoms with Gasteiger partial charge in [0.25, 0.3) is 0 Å². The van der Waals surface area contributed by atoms with Gasteiger partial charge >= 0.3 is 5.97 Å². The average Bonchev–Trinajstić information content (AvgIpc) is 3.34. The molecule has 0 radical (unpaired) electrons. The fourth-order valence-electron chi connectivity index (χ4n) is 4.11. The van der Waals surface area contributed by atoms with Crippen LogP contribution in [0.1, 0.15) is 36.7 Å². The van der Waals surface area contributed by atoms with Gasteiger partial charge in [-0.1, -0.05) is 42.5 Å². The first-order valence-corrected chi connectivity index (χ1v) is 12.6. The number of hydrogen-bond acceptors (Lipinski definition) is 7. The molecule has 1 fully saturated rings. The highest BCUT2D eigenvalue weighted by molar-refractivity contribution is 7.09. The first kappa shape index (κ1) is 24.8. The predicted molar refractivity (Wildman–Crippen MR) is 133 cm³/mol. The molecular weight excluding hydrogens is 467 g/mol. The molecule has 1 aliphatic rings. The number of piperidine rings is 1. The summed E-state index contributed by atoms with van der Waals surface area (Å²) in [4.78, 5) is 33.7. The summed E-state index contributed by atoms with van der Waals surface area (Å²) in [7, 11) is 0. The fraction of sp³-hybridized carbons (Fsp3) is 0.385. The van der Waals surface area contributed by atoms with E-state index in [1.54, 1.807) is 19.1 Å². The quantitative estimate of drug-likeness (QED) is 0.416. The van der Waals surface area contributed by atoms with E-state index in [9.17, 15) is 14.0 Å². The molecule has 0 atom stereocenters. The molecule has 1 aliphatic heterocycles. The Morgan fingerprint density at radius 3 is 2.49 bits per heavy atom. The van der Waals surface area contributed by atoms with Gasteiger partial charge in [0.05, 0.1) is 19.1 Å². The smallest absolute Gasteiger partial charge is 0.309 e. The summed E-state index contributed by atoms with van der Waals surface area (Å²) in [6.45, 7) is 3.94. The van der Waals surface area contributed by atoms with E-state index in [0.29, 0.717) is 56.5 Å². The second kappa shape index (κ2) is 11.9. The van der Waals surface area contributed by atoms with Crippen LogP contribution in [0.15, 0.2) is 54.6 Å². The molecule has 0 N–H and O–H groups in total. The summed E-state index contributed by atoms with van der Waals surface area (Å²) in [5.74, 6) is 0.0415. The van der Waals surface area contributed by atoms with Gasteiger partial charge in [0.2, 0.25) is 11.0 Å². The van der Waals surface area contributed by atoms with Crippen LogP contribution >= 0.6 is 11.5 Å². The second-order valence-electron chi connectivity index (χ2n) is 8.55. The Balaban J connectivity index is 1.43. The monoisotopic (exact) mass is 496 g/mol. The van der Waals surface area contributed by atoms with Crippen LogP contribution in [0.5, 0.6) is 0 Å². The van der Waals surface area contributed by atoms with Crippen LogP contribution in [-0.2, 0) is 27.3 Å². The Morgan fingerprint density at radius 2 is 1.80 bits per heavy atom. The maximum absolute atomic E-state index is 13.2. The summed E-state index contributed by atoms with van der Waals surface area (Å²) >= 11 is 1.26. The predicted octanol–water partition coefficient (Wildman–Crippen LogP) is 4.08. The summed E-state index contributed by atoms with van der Waals surface area (Å²) in [5, 5.41) is 0.667. The van der Waals surface area contributed by atoms with Crippen LogP contribution in [0.2, 0.25) is 0 Å². The number of benzene rings is 2. The Hall–Kier alpha value is -3.33. The van der Waals surface area contributed by atoms with Gasteiger partial charge in [-0.05, 0) is 43.0 Å². The van der Waals surface area contributed by atoms with Crippen molar-refractivity contribution < 1.29 is 18.7 Å². The molecule has 7 nitrogen and oxygen atoms in total. The van der Waals surface area contributed by atoms with E-state index in [0.717, 1.165) is 11.1 Å². The van der Waals surface area contributed by atoms with Gasteiger partial charge in [-0.3, -0.25) is 9.59 Å². The average molecular weight is 497 g/mol. The van der Waals surface area contributed by atoms with Gasteiger partial charge in [0, 0.05) is 37.6 Å². The molecule has 0 saturated carbocycles. The minimum atomic E-state index is -0.278. The molecule has 0 aliphatic carbocycles. The third-order valence-electron chi connectivity index (χ3n) is 6.01. The summed E-state index contributed by atoms with van der Waals surface area (Å²) in [6.07, 6.45) is 1.72. The van der Waals surface area contributed by atoms with E-state index in [4.69, 9.17) is 4.74 Å². The lowest BCUT2D eigenvalue weighted by atomic mass is 9.97. The van der Waals surface area contributed by atoms with E-state index in [1.807, 2.05) is 40.1 Å². The van der Waals surface area contributed by atoms with Crippen LogP contribution in [-0.4, -0.2) is 52.4 Å². The number of esters is 1. The van der Waals surface area contributed by atoms with Crippen molar-refractivity contribution in [3.8, 4) is 0 Å². The van der Waals surface area contributed by atoms with Gasteiger partial charge in [0.15, 0.2) is 0 Å². The number of likely N-dealkylation sites (tertiary alicyclic amines) is 1. The third kappa shape index (κ3) is 6.85. The first-order valence-electron chi connectivity index (χ1n) is 11.8. The fourth-order valence-corrected chi connectivity index (χ4v) is 4.80. The molecule has 4 rings (SSSR count). The molecule has 1 saturated heterocycles. The number of amides is 1. The molecule has 1 aromatic heterocycles. The van der Waals surface area contributed by atoms with E-state index in [-0.39, 0.29) is 30.2 Å². The second-order valence-corrected chi connectivity index (χ2v) is 9.28. The number of carbonyl (C=O) groups is 2. The summed E-state index contributed by atoms with van der Waals surface area (Å²) < 4.78 is 22.8. The lowest BCUT2D eigenvalue weighted by molar-refractivity contribution is -0.151. The van der Waals surface area contributed by atoms with Gasteiger partial charge in [-0.15, -0.1) is 0 Å². The topological polar surface area (TPSA) is 75.6 Å². The molecule has 3 aromatic rings. The zero-order chi connectivity index (χ0) is 24.6. The van der Waals surface area contributed by atoms with Crippen LogP contribution in [0, 0.1) is 11.7 Å². The molecule has 0 unspecified atom stereocenters. The molecule has 35 heavy (non-hydrogen) atoms. The zero-order valence-electron chi connectivity index (χ0n) is 19.7. The van der Waals surface area contributed by atoms with Crippen molar-refractivity contribution in [3.63, 3.8) is 0 Å². The largest absolute Gasteiger partial charge is 0.466 e. The Kier molecular flexibility index (Phi) is 8.41. The number of anilines is 1. The molecule has 1 amide bonds. The Morgan fingerprint density at radius 1 is 1.09 bits per heavy atom.